The molecule has 1 unspecified atom stereocenters. The van der Waals surface area contributed by atoms with E-state index in [1.807, 2.05) is 56.1 Å². The average molecular weight is 672 g/mol. The van der Waals surface area contributed by atoms with Crippen molar-refractivity contribution in [3.63, 3.8) is 0 Å². The molecule has 1 saturated heterocycles. The number of aromatic nitrogens is 2. The first-order valence-electron chi connectivity index (χ1n) is 16.4. The van der Waals surface area contributed by atoms with E-state index >= 15 is 0 Å². The van der Waals surface area contributed by atoms with Crippen molar-refractivity contribution in [2.24, 2.45) is 0 Å². The van der Waals surface area contributed by atoms with E-state index < -0.39 is 13.7 Å². The number of amides is 2. The van der Waals surface area contributed by atoms with Gasteiger partial charge in [0.15, 0.2) is 0 Å². The van der Waals surface area contributed by atoms with Gasteiger partial charge in [-0.1, -0.05) is 56.2 Å². The van der Waals surface area contributed by atoms with Crippen LogP contribution in [0.15, 0.2) is 55.0 Å². The van der Waals surface area contributed by atoms with Crippen LogP contribution >= 0.6 is 11.6 Å². The fraction of sp³-hybridized carbons (Fsp3) is 0.486. The summed E-state index contributed by atoms with van der Waals surface area (Å²) >= 11 is 6.46. The highest BCUT2D eigenvalue weighted by atomic mass is 35.5. The zero-order valence-corrected chi connectivity index (χ0v) is 30.6. The van der Waals surface area contributed by atoms with Crippen molar-refractivity contribution in [1.29, 1.82) is 5.26 Å². The topological polar surface area (TPSA) is 99.4 Å². The van der Waals surface area contributed by atoms with Gasteiger partial charge in [-0.15, -0.1) is 0 Å². The third kappa shape index (κ3) is 7.24. The molecule has 3 aromatic rings. The van der Waals surface area contributed by atoms with E-state index in [1.54, 1.807) is 24.2 Å². The molecular weight excluding hydrogens is 626 g/mol. The first-order chi connectivity index (χ1) is 22.0. The second kappa shape index (κ2) is 13.0. The van der Waals surface area contributed by atoms with Crippen LogP contribution in [0.5, 0.6) is 0 Å². The number of likely N-dealkylation sites (tertiary alicyclic amines) is 1. The second-order valence-corrected chi connectivity index (χ2v) is 20.9. The molecule has 2 aliphatic rings. The van der Waals surface area contributed by atoms with Gasteiger partial charge in [-0.3, -0.25) is 9.78 Å². The van der Waals surface area contributed by atoms with E-state index in [0.717, 1.165) is 30.0 Å². The first kappa shape index (κ1) is 34.6. The van der Waals surface area contributed by atoms with Crippen LogP contribution in [-0.2, 0) is 17.7 Å². The van der Waals surface area contributed by atoms with Gasteiger partial charge in [-0.2, -0.15) is 5.26 Å². The summed E-state index contributed by atoms with van der Waals surface area (Å²) in [7, 11) is -0.250. The number of halogens is 1. The third-order valence-corrected chi connectivity index (χ3v) is 16.6. The number of hydrogen-bond donors (Lipinski definition) is 0. The molecule has 0 bridgehead atoms. The predicted octanol–water partition coefficient (Wildman–Crippen LogP) is 7.47. The molecule has 47 heavy (non-hydrogen) atoms. The molecule has 2 aromatic heterocycles. The lowest BCUT2D eigenvalue weighted by Gasteiger charge is -2.39. The normalized spacial score (nSPS) is 22.5. The summed E-state index contributed by atoms with van der Waals surface area (Å²) in [5, 5.41) is 11.2. The molecule has 2 aliphatic heterocycles. The van der Waals surface area contributed by atoms with E-state index in [9.17, 15) is 14.9 Å². The Morgan fingerprint density at radius 1 is 1.06 bits per heavy atom. The van der Waals surface area contributed by atoms with Crippen molar-refractivity contribution in [2.75, 3.05) is 7.05 Å². The van der Waals surface area contributed by atoms with Gasteiger partial charge in [-0.05, 0) is 92.1 Å². The lowest BCUT2D eigenvalue weighted by Crippen LogP contribution is -2.50. The molecule has 2 amide bonds. The summed E-state index contributed by atoms with van der Waals surface area (Å²) in [5.41, 5.74) is 3.51. The Hall–Kier alpha value is -3.74. The van der Waals surface area contributed by atoms with Crippen LogP contribution in [0.2, 0.25) is 22.8 Å². The van der Waals surface area contributed by atoms with Gasteiger partial charge >= 0.3 is 6.09 Å². The Bertz CT molecular complexity index is 1690. The quantitative estimate of drug-likeness (QED) is 0.199. The molecule has 5 rings (SSSR count). The van der Waals surface area contributed by atoms with Crippen molar-refractivity contribution in [3.8, 4) is 6.07 Å². The maximum atomic E-state index is 14.0. The Kier molecular flexibility index (Phi) is 9.60. The van der Waals surface area contributed by atoms with Gasteiger partial charge in [-0.25, -0.2) is 9.78 Å². The summed E-state index contributed by atoms with van der Waals surface area (Å²) in [4.78, 5) is 39.4. The van der Waals surface area contributed by atoms with E-state index in [1.165, 1.54) is 16.9 Å². The van der Waals surface area contributed by atoms with E-state index in [4.69, 9.17) is 16.3 Å². The number of rotatable bonds is 6. The lowest BCUT2D eigenvalue weighted by atomic mass is 9.93. The van der Waals surface area contributed by atoms with Crippen molar-refractivity contribution < 1.29 is 14.3 Å². The highest BCUT2D eigenvalue weighted by Crippen LogP contribution is 2.51. The van der Waals surface area contributed by atoms with Crippen LogP contribution in [0.25, 0.3) is 0 Å². The number of carbonyl (C=O) groups is 2. The van der Waals surface area contributed by atoms with Crippen LogP contribution in [0.3, 0.4) is 0 Å². The van der Waals surface area contributed by atoms with Gasteiger partial charge in [0, 0.05) is 55.7 Å². The lowest BCUT2D eigenvalue weighted by molar-refractivity contribution is 0.0127. The molecule has 10 heteroatoms. The van der Waals surface area contributed by atoms with Crippen LogP contribution in [0, 0.1) is 11.3 Å². The SMILES string of the molecule is CN(Cc1cncc(C#N)c1)C(=O)c1ccc(C[C@@H]2CC[C@H]([C@@H]3C[Si](C)(C(C)(C)C)c4cc(Cl)ncc43)N2C(=O)OC(C)(C)C)cc1. The molecule has 1 aromatic carbocycles. The van der Waals surface area contributed by atoms with E-state index in [2.05, 4.69) is 49.4 Å². The van der Waals surface area contributed by atoms with Crippen molar-refractivity contribution in [3.05, 3.63) is 88.0 Å². The number of nitrogens with zero attached hydrogens (tertiary/aromatic N) is 5. The van der Waals surface area contributed by atoms with Crippen molar-refractivity contribution in [2.45, 2.75) is 109 Å². The summed E-state index contributed by atoms with van der Waals surface area (Å²) in [6, 6.07) is 14.6. The van der Waals surface area contributed by atoms with E-state index in [0.29, 0.717) is 29.2 Å². The number of ether oxygens (including phenoxy) is 1. The molecule has 8 nitrogen and oxygen atoms in total. The predicted molar refractivity (Wildman–Crippen MR) is 188 cm³/mol. The smallest absolute Gasteiger partial charge is 0.410 e. The number of nitriles is 1. The molecule has 0 N–H and O–H groups in total. The molecule has 248 valence electrons. The first-order valence-corrected chi connectivity index (χ1v) is 19.4. The van der Waals surface area contributed by atoms with Crippen LogP contribution < -0.4 is 5.19 Å². The monoisotopic (exact) mass is 671 g/mol. The largest absolute Gasteiger partial charge is 0.444 e. The molecular formula is C37H46ClN5O3Si. The Balaban J connectivity index is 1.37. The van der Waals surface area contributed by atoms with Crippen LogP contribution in [0.1, 0.15) is 92.9 Å². The zero-order valence-electron chi connectivity index (χ0n) is 28.8. The Morgan fingerprint density at radius 3 is 2.40 bits per heavy atom. The van der Waals surface area contributed by atoms with Gasteiger partial charge in [0.25, 0.3) is 5.91 Å². The molecule has 0 radical (unpaired) electrons. The standard InChI is InChI=1S/C37H46ClN5O3Si/c1-36(2,3)46-35(45)43-28(13-14-31(43)30-23-47(8,37(4,5)6)32-17-33(38)41-21-29(30)32)16-24-9-11-27(12-10-24)34(44)42(7)22-26-15-25(18-39)19-40-20-26/h9-12,15,17,19-21,28,30-31H,13-14,16,22-23H2,1-8H3/t28-,30+,31+,47?/m0/s1. The maximum absolute atomic E-state index is 14.0. The second-order valence-electron chi connectivity index (χ2n) is 15.4. The molecule has 0 aliphatic carbocycles. The molecule has 1 fully saturated rings. The Morgan fingerprint density at radius 2 is 1.77 bits per heavy atom. The minimum atomic E-state index is -1.99. The highest BCUT2D eigenvalue weighted by molar-refractivity contribution is 6.94. The van der Waals surface area contributed by atoms with Gasteiger partial charge in [0.05, 0.1) is 13.6 Å². The van der Waals surface area contributed by atoms with Crippen molar-refractivity contribution in [1.82, 2.24) is 19.8 Å². The number of fused-ring (bicyclic) bond motifs is 1. The molecule has 4 atom stereocenters. The number of benzene rings is 1. The fourth-order valence-electron chi connectivity index (χ4n) is 7.29. The summed E-state index contributed by atoms with van der Waals surface area (Å²) in [6.07, 6.45) is 7.27. The molecule has 0 saturated carbocycles. The van der Waals surface area contributed by atoms with Gasteiger partial charge < -0.3 is 14.5 Å². The summed E-state index contributed by atoms with van der Waals surface area (Å²) in [5.74, 6) is 0.0534. The maximum Gasteiger partial charge on any atom is 0.410 e. The number of hydrogen-bond acceptors (Lipinski definition) is 6. The number of pyridine rings is 2. The van der Waals surface area contributed by atoms with Crippen molar-refractivity contribution >= 4 is 36.9 Å². The minimum absolute atomic E-state index is 0.00298. The van der Waals surface area contributed by atoms with E-state index in [-0.39, 0.29) is 35.0 Å². The molecule has 4 heterocycles. The summed E-state index contributed by atoms with van der Waals surface area (Å²) < 4.78 is 6.04. The zero-order chi connectivity index (χ0) is 34.3. The number of carbonyl (C=O) groups excluding carboxylic acids is 2. The highest BCUT2D eigenvalue weighted by Gasteiger charge is 2.54. The van der Waals surface area contributed by atoms with Gasteiger partial charge in [0.2, 0.25) is 0 Å². The third-order valence-electron chi connectivity index (χ3n) is 10.2. The van der Waals surface area contributed by atoms with Crippen LogP contribution in [0.4, 0.5) is 4.79 Å². The molecule has 0 spiro atoms. The van der Waals surface area contributed by atoms with Crippen LogP contribution in [-0.4, -0.2) is 64.6 Å². The average Bonchev–Trinajstić information content (AvgIpc) is 3.55. The Labute approximate surface area is 285 Å². The minimum Gasteiger partial charge on any atom is -0.444 e. The fourth-order valence-corrected chi connectivity index (χ4v) is 11.9. The van der Waals surface area contributed by atoms with Gasteiger partial charge in [0.1, 0.15) is 16.8 Å². The summed E-state index contributed by atoms with van der Waals surface area (Å²) in [6.45, 7) is 15.5.